The number of ether oxygens (including phenoxy) is 1. The molecule has 1 nitrogen and oxygen atoms in total. The molecule has 0 aliphatic carbocycles. The Bertz CT molecular complexity index is 313. The Balaban J connectivity index is 2.39. The summed E-state index contributed by atoms with van der Waals surface area (Å²) in [5.41, 5.74) is 1.13. The van der Waals surface area contributed by atoms with Crippen LogP contribution in [-0.2, 0) is 0 Å². The Hall–Kier alpha value is -1.24. The van der Waals surface area contributed by atoms with Crippen molar-refractivity contribution in [3.63, 3.8) is 0 Å². The molecule has 0 aromatic heterocycles. The van der Waals surface area contributed by atoms with Gasteiger partial charge in [0.1, 0.15) is 5.75 Å². The molecule has 0 saturated heterocycles. The van der Waals surface area contributed by atoms with Crippen LogP contribution in [0.4, 0.5) is 0 Å². The zero-order chi connectivity index (χ0) is 12.5. The van der Waals surface area contributed by atoms with Gasteiger partial charge < -0.3 is 4.74 Å². The van der Waals surface area contributed by atoms with Gasteiger partial charge in [0.15, 0.2) is 0 Å². The van der Waals surface area contributed by atoms with E-state index in [0.717, 1.165) is 17.9 Å². The molecule has 1 unspecified atom stereocenters. The third kappa shape index (κ3) is 5.08. The van der Waals surface area contributed by atoms with E-state index in [1.54, 1.807) is 0 Å². The quantitative estimate of drug-likeness (QED) is 0.618. The van der Waals surface area contributed by atoms with Gasteiger partial charge in [-0.3, -0.25) is 0 Å². The van der Waals surface area contributed by atoms with Gasteiger partial charge in [-0.25, -0.2) is 0 Å². The summed E-state index contributed by atoms with van der Waals surface area (Å²) in [5.74, 6) is 1.65. The molecule has 0 bridgehead atoms. The molecule has 0 aliphatic heterocycles. The van der Waals surface area contributed by atoms with Crippen LogP contribution in [0.5, 0.6) is 5.75 Å². The van der Waals surface area contributed by atoms with Crippen molar-refractivity contribution in [2.75, 3.05) is 6.61 Å². The third-order valence-electron chi connectivity index (χ3n) is 3.14. The van der Waals surface area contributed by atoms with E-state index >= 15 is 0 Å². The zero-order valence-corrected chi connectivity index (χ0v) is 11.1. The van der Waals surface area contributed by atoms with Gasteiger partial charge in [0.25, 0.3) is 0 Å². The first-order chi connectivity index (χ1) is 8.30. The molecule has 1 aromatic carbocycles. The standard InChI is InChI=1S/C16H24O/c1-4-7-8-15(6-3)13-17-16-11-9-14(5-2)10-12-16/h5,9-12,15H,2,4,6-8,13H2,1,3H3. The van der Waals surface area contributed by atoms with E-state index in [0.29, 0.717) is 5.92 Å². The second-order valence-electron chi connectivity index (χ2n) is 4.50. The molecule has 1 heteroatoms. The number of hydrogen-bond donors (Lipinski definition) is 0. The first kappa shape index (κ1) is 13.8. The van der Waals surface area contributed by atoms with Crippen molar-refractivity contribution in [2.45, 2.75) is 39.5 Å². The van der Waals surface area contributed by atoms with E-state index in [1.165, 1.54) is 25.7 Å². The van der Waals surface area contributed by atoms with Gasteiger partial charge in [-0.1, -0.05) is 57.9 Å². The van der Waals surface area contributed by atoms with Crippen LogP contribution in [-0.4, -0.2) is 6.61 Å². The van der Waals surface area contributed by atoms with Crippen molar-refractivity contribution < 1.29 is 4.74 Å². The van der Waals surface area contributed by atoms with Crippen LogP contribution in [0, 0.1) is 5.92 Å². The highest BCUT2D eigenvalue weighted by Crippen LogP contribution is 2.17. The fraction of sp³-hybridized carbons (Fsp3) is 0.500. The van der Waals surface area contributed by atoms with Crippen molar-refractivity contribution >= 4 is 6.08 Å². The Morgan fingerprint density at radius 2 is 1.94 bits per heavy atom. The average Bonchev–Trinajstić information content (AvgIpc) is 2.39. The normalized spacial score (nSPS) is 12.1. The van der Waals surface area contributed by atoms with Crippen LogP contribution in [0.15, 0.2) is 30.8 Å². The topological polar surface area (TPSA) is 9.23 Å². The van der Waals surface area contributed by atoms with Crippen LogP contribution >= 0.6 is 0 Å². The minimum Gasteiger partial charge on any atom is -0.493 e. The largest absolute Gasteiger partial charge is 0.493 e. The Kier molecular flexibility index (Phi) is 6.46. The van der Waals surface area contributed by atoms with Crippen LogP contribution in [0.25, 0.3) is 6.08 Å². The summed E-state index contributed by atoms with van der Waals surface area (Å²) in [6, 6.07) is 8.11. The maximum absolute atomic E-state index is 5.82. The molecule has 94 valence electrons. The van der Waals surface area contributed by atoms with E-state index in [2.05, 4.69) is 20.4 Å². The lowest BCUT2D eigenvalue weighted by Gasteiger charge is -2.15. The molecule has 1 aromatic rings. The predicted octanol–water partition coefficient (Wildman–Crippen LogP) is 4.92. The van der Waals surface area contributed by atoms with Gasteiger partial charge in [0.2, 0.25) is 0 Å². The Labute approximate surface area is 106 Å². The molecular weight excluding hydrogens is 208 g/mol. The highest BCUT2D eigenvalue weighted by atomic mass is 16.5. The van der Waals surface area contributed by atoms with Crippen molar-refractivity contribution in [1.29, 1.82) is 0 Å². The fourth-order valence-corrected chi connectivity index (χ4v) is 1.81. The van der Waals surface area contributed by atoms with E-state index in [-0.39, 0.29) is 0 Å². The van der Waals surface area contributed by atoms with Gasteiger partial charge in [-0.05, 0) is 30.0 Å². The average molecular weight is 232 g/mol. The first-order valence-corrected chi connectivity index (χ1v) is 6.65. The van der Waals surface area contributed by atoms with Gasteiger partial charge in [-0.2, -0.15) is 0 Å². The van der Waals surface area contributed by atoms with Crippen molar-refractivity contribution in [3.8, 4) is 5.75 Å². The minimum absolute atomic E-state index is 0.689. The molecule has 0 amide bonds. The van der Waals surface area contributed by atoms with Gasteiger partial charge >= 0.3 is 0 Å². The van der Waals surface area contributed by atoms with E-state index in [9.17, 15) is 0 Å². The number of unbranched alkanes of at least 4 members (excludes halogenated alkanes) is 1. The monoisotopic (exact) mass is 232 g/mol. The number of hydrogen-bond acceptors (Lipinski definition) is 1. The molecule has 0 fully saturated rings. The van der Waals surface area contributed by atoms with Crippen LogP contribution in [0.2, 0.25) is 0 Å². The summed E-state index contributed by atoms with van der Waals surface area (Å²) in [7, 11) is 0. The molecule has 17 heavy (non-hydrogen) atoms. The van der Waals surface area contributed by atoms with Crippen molar-refractivity contribution in [1.82, 2.24) is 0 Å². The lowest BCUT2D eigenvalue weighted by Crippen LogP contribution is -2.11. The highest BCUT2D eigenvalue weighted by Gasteiger charge is 2.06. The molecular formula is C16H24O. The van der Waals surface area contributed by atoms with Gasteiger partial charge in [0.05, 0.1) is 6.61 Å². The third-order valence-corrected chi connectivity index (χ3v) is 3.14. The summed E-state index contributed by atoms with van der Waals surface area (Å²) in [5, 5.41) is 0. The van der Waals surface area contributed by atoms with Crippen LogP contribution in [0.3, 0.4) is 0 Å². The molecule has 0 spiro atoms. The highest BCUT2D eigenvalue weighted by molar-refractivity contribution is 5.48. The number of rotatable bonds is 8. The van der Waals surface area contributed by atoms with E-state index in [1.807, 2.05) is 30.3 Å². The Morgan fingerprint density at radius 3 is 2.47 bits per heavy atom. The van der Waals surface area contributed by atoms with E-state index < -0.39 is 0 Å². The van der Waals surface area contributed by atoms with Crippen LogP contribution in [0.1, 0.15) is 45.1 Å². The lowest BCUT2D eigenvalue weighted by atomic mass is 10.0. The molecule has 0 aliphatic rings. The summed E-state index contributed by atoms with van der Waals surface area (Å²) in [4.78, 5) is 0. The molecule has 0 heterocycles. The zero-order valence-electron chi connectivity index (χ0n) is 11.1. The Morgan fingerprint density at radius 1 is 1.24 bits per heavy atom. The fourth-order valence-electron chi connectivity index (χ4n) is 1.81. The predicted molar refractivity (Wildman–Crippen MR) is 75.3 cm³/mol. The summed E-state index contributed by atoms with van der Waals surface area (Å²) < 4.78 is 5.82. The van der Waals surface area contributed by atoms with Gasteiger partial charge in [0, 0.05) is 0 Å². The molecule has 0 saturated carbocycles. The second-order valence-corrected chi connectivity index (χ2v) is 4.50. The molecule has 0 radical (unpaired) electrons. The van der Waals surface area contributed by atoms with Gasteiger partial charge in [-0.15, -0.1) is 0 Å². The van der Waals surface area contributed by atoms with Crippen molar-refractivity contribution in [2.24, 2.45) is 5.92 Å². The second kappa shape index (κ2) is 7.94. The summed E-state index contributed by atoms with van der Waals surface area (Å²) in [6.45, 7) is 9.06. The van der Waals surface area contributed by atoms with Crippen LogP contribution < -0.4 is 4.74 Å². The molecule has 1 atom stereocenters. The van der Waals surface area contributed by atoms with E-state index in [4.69, 9.17) is 4.74 Å². The maximum atomic E-state index is 5.82. The SMILES string of the molecule is C=Cc1ccc(OCC(CC)CCCC)cc1. The smallest absolute Gasteiger partial charge is 0.119 e. The number of benzene rings is 1. The molecule has 1 rings (SSSR count). The summed E-state index contributed by atoms with van der Waals surface area (Å²) in [6.07, 6.45) is 6.89. The first-order valence-electron chi connectivity index (χ1n) is 6.65. The summed E-state index contributed by atoms with van der Waals surface area (Å²) >= 11 is 0. The van der Waals surface area contributed by atoms with Crippen molar-refractivity contribution in [3.05, 3.63) is 36.4 Å². The lowest BCUT2D eigenvalue weighted by molar-refractivity contribution is 0.233. The maximum Gasteiger partial charge on any atom is 0.119 e. The molecule has 0 N–H and O–H groups in total. The minimum atomic E-state index is 0.689.